The molecule has 5 heterocycles. The van der Waals surface area contributed by atoms with Crippen LogP contribution in [0.2, 0.25) is 0 Å². The summed E-state index contributed by atoms with van der Waals surface area (Å²) in [4.78, 5) is 50.8. The average molecular weight is 695 g/mol. The highest BCUT2D eigenvalue weighted by Gasteiger charge is 2.99. The minimum Gasteiger partial charge on any atom is -0.426 e. The van der Waals surface area contributed by atoms with E-state index in [2.05, 4.69) is 4.98 Å². The van der Waals surface area contributed by atoms with Gasteiger partial charge < -0.3 is 42.6 Å². The van der Waals surface area contributed by atoms with E-state index in [9.17, 15) is 23.7 Å². The van der Waals surface area contributed by atoms with Crippen molar-refractivity contribution in [2.24, 2.45) is 0 Å². The molecule has 1 N–H and O–H groups in total. The van der Waals surface area contributed by atoms with Crippen molar-refractivity contribution in [1.29, 1.82) is 0 Å². The summed E-state index contributed by atoms with van der Waals surface area (Å²) in [6, 6.07) is 1.09. The Morgan fingerprint density at radius 3 is 2.11 bits per heavy atom. The summed E-state index contributed by atoms with van der Waals surface area (Å²) >= 11 is 0. The molecule has 4 aliphatic heterocycles. The van der Waals surface area contributed by atoms with E-state index in [1.807, 2.05) is 0 Å². The molecule has 0 amide bonds. The molecule has 2 saturated carbocycles. The summed E-state index contributed by atoms with van der Waals surface area (Å²) in [7, 11) is -4.94. The van der Waals surface area contributed by atoms with Crippen LogP contribution in [0.25, 0.3) is 0 Å². The Morgan fingerprint density at radius 2 is 1.60 bits per heavy atom. The molecule has 4 saturated heterocycles. The van der Waals surface area contributed by atoms with Gasteiger partial charge in [0.05, 0.1) is 26.4 Å². The van der Waals surface area contributed by atoms with Crippen LogP contribution in [0.1, 0.15) is 38.8 Å². The number of H-pyrrole nitrogens is 1. The van der Waals surface area contributed by atoms with Gasteiger partial charge in [-0.2, -0.15) is 0 Å². The zero-order valence-electron chi connectivity index (χ0n) is 25.0. The number of carbonyl (C=O) groups excluding carboxylic acids is 2. The van der Waals surface area contributed by atoms with Gasteiger partial charge in [0.2, 0.25) is 13.6 Å². The third-order valence-electron chi connectivity index (χ3n) is 9.03. The van der Waals surface area contributed by atoms with E-state index in [1.54, 1.807) is 0 Å². The van der Waals surface area contributed by atoms with E-state index in [1.165, 1.54) is 13.1 Å². The molecule has 1 unspecified atom stereocenters. The summed E-state index contributed by atoms with van der Waals surface area (Å²) in [5.74, 6) is -1.22. The summed E-state index contributed by atoms with van der Waals surface area (Å²) in [6.07, 6.45) is -2.83. The van der Waals surface area contributed by atoms with Crippen LogP contribution in [0.15, 0.2) is 21.9 Å². The molecule has 2 aliphatic carbocycles. The fourth-order valence-electron chi connectivity index (χ4n) is 6.66. The molecular weight excluding hydrogens is 662 g/mol. The largest absolute Gasteiger partial charge is 0.510 e. The van der Waals surface area contributed by atoms with Gasteiger partial charge in [0.25, 0.3) is 5.56 Å². The molecule has 0 aromatic carbocycles. The first-order valence-electron chi connectivity index (χ1n) is 14.8. The molecule has 19 nitrogen and oxygen atoms in total. The molecule has 5 atom stereocenters. The molecule has 0 radical (unpaired) electrons. The van der Waals surface area contributed by atoms with Gasteiger partial charge >= 0.3 is 25.8 Å². The van der Waals surface area contributed by atoms with Gasteiger partial charge in [-0.1, -0.05) is 0 Å². The molecule has 6 fully saturated rings. The maximum absolute atomic E-state index is 15.3. The second-order valence-corrected chi connectivity index (χ2v) is 13.6. The number of aromatic amines is 1. The Morgan fingerprint density at radius 1 is 1.00 bits per heavy atom. The van der Waals surface area contributed by atoms with Gasteiger partial charge in [0.15, 0.2) is 35.4 Å². The smallest absolute Gasteiger partial charge is 0.426 e. The maximum Gasteiger partial charge on any atom is 0.510 e. The number of halogens is 1. The van der Waals surface area contributed by atoms with Crippen LogP contribution in [0.3, 0.4) is 0 Å². The third kappa shape index (κ3) is 5.39. The van der Waals surface area contributed by atoms with E-state index in [4.69, 9.17) is 56.2 Å². The first-order chi connectivity index (χ1) is 22.5. The molecule has 6 aliphatic rings. The van der Waals surface area contributed by atoms with Crippen LogP contribution in [0.4, 0.5) is 14.0 Å². The summed E-state index contributed by atoms with van der Waals surface area (Å²) in [5.41, 5.74) is -7.02. The summed E-state index contributed by atoms with van der Waals surface area (Å²) in [5, 5.41) is 0. The standard InChI is InChI=1S/C26H32FN2O17P/c1-23-19(29-7-4-17(30)28-20(29)31)43-25(12-27)18(26(23,25)46-24(45-23)5-2-3-6-24)44-47(34,39-13-37-21(32)41-15-8-35-9-15)40-14-38-22(33)42-16-10-36-11-16/h4,7,15-16,18-19H,2-3,5-6,8-14H2,1H3,(H,28,30,31)/t18?,19-,23+,25-,26+/m1/s1. The minimum atomic E-state index is -4.94. The van der Waals surface area contributed by atoms with E-state index < -0.39 is 98.8 Å². The normalized spacial score (nSPS) is 33.8. The van der Waals surface area contributed by atoms with Crippen LogP contribution in [0, 0.1) is 0 Å². The van der Waals surface area contributed by atoms with Crippen LogP contribution >= 0.6 is 7.82 Å². The van der Waals surface area contributed by atoms with Crippen molar-refractivity contribution in [1.82, 2.24) is 9.55 Å². The fourth-order valence-corrected chi connectivity index (χ4v) is 7.80. The number of ether oxygens (including phenoxy) is 9. The second kappa shape index (κ2) is 11.9. The van der Waals surface area contributed by atoms with Gasteiger partial charge in [0.1, 0.15) is 18.4 Å². The second-order valence-electron chi connectivity index (χ2n) is 11.9. The Hall–Kier alpha value is -2.94. The fraction of sp³-hybridized carbons (Fsp3) is 0.769. The topological polar surface area (TPSA) is 217 Å². The predicted octanol–water partition coefficient (Wildman–Crippen LogP) is 1.15. The molecule has 1 aromatic heterocycles. The maximum atomic E-state index is 15.3. The average Bonchev–Trinajstić information content (AvgIpc) is 3.29. The zero-order valence-corrected chi connectivity index (χ0v) is 25.8. The first kappa shape index (κ1) is 32.6. The Labute approximate surface area is 264 Å². The lowest BCUT2D eigenvalue weighted by Crippen LogP contribution is -2.49. The van der Waals surface area contributed by atoms with Crippen LogP contribution in [-0.2, 0) is 60.8 Å². The van der Waals surface area contributed by atoms with Gasteiger partial charge in [-0.15, -0.1) is 0 Å². The van der Waals surface area contributed by atoms with Gasteiger partial charge in [-0.05, 0) is 19.8 Å². The van der Waals surface area contributed by atoms with E-state index in [0.717, 1.165) is 23.5 Å². The SMILES string of the molecule is C[C@@]12OC3(CCCC3)O[C@@]13C(OP(=O)(OCOC(=O)OC1COC1)OCOC(=O)OC1COC1)[C@@]3(CF)O[C@H]2n1ccc(=O)[nH]c1=O. The van der Waals surface area contributed by atoms with Crippen molar-refractivity contribution in [2.45, 2.75) is 79.7 Å². The molecule has 0 bridgehead atoms. The zero-order chi connectivity index (χ0) is 33.1. The monoisotopic (exact) mass is 694 g/mol. The van der Waals surface area contributed by atoms with Gasteiger partial charge in [-0.3, -0.25) is 18.9 Å². The van der Waals surface area contributed by atoms with Crippen LogP contribution in [0.5, 0.6) is 0 Å². The number of carbonyl (C=O) groups is 2. The quantitative estimate of drug-likeness (QED) is 0.184. The van der Waals surface area contributed by atoms with Crippen molar-refractivity contribution in [3.05, 3.63) is 33.1 Å². The summed E-state index contributed by atoms with van der Waals surface area (Å²) < 4.78 is 95.1. The van der Waals surface area contributed by atoms with E-state index in [-0.39, 0.29) is 26.4 Å². The lowest BCUT2D eigenvalue weighted by molar-refractivity contribution is -0.234. The number of alkyl halides is 1. The number of phosphoric ester groups is 1. The van der Waals surface area contributed by atoms with Gasteiger partial charge in [0, 0.05) is 25.1 Å². The highest BCUT2D eigenvalue weighted by molar-refractivity contribution is 7.48. The van der Waals surface area contributed by atoms with Crippen molar-refractivity contribution in [2.75, 3.05) is 46.7 Å². The number of nitrogens with zero attached hydrogens (tertiary/aromatic N) is 1. The molecule has 21 heteroatoms. The van der Waals surface area contributed by atoms with Crippen LogP contribution in [-0.4, -0.2) is 109 Å². The van der Waals surface area contributed by atoms with Crippen molar-refractivity contribution in [3.63, 3.8) is 0 Å². The Balaban J connectivity index is 1.13. The van der Waals surface area contributed by atoms with E-state index in [0.29, 0.717) is 12.8 Å². The number of phosphoric acid groups is 1. The minimum absolute atomic E-state index is 0.171. The van der Waals surface area contributed by atoms with Crippen molar-refractivity contribution in [3.8, 4) is 0 Å². The predicted molar refractivity (Wildman–Crippen MR) is 143 cm³/mol. The Bertz CT molecular complexity index is 1520. The van der Waals surface area contributed by atoms with E-state index >= 15 is 4.39 Å². The van der Waals surface area contributed by atoms with Gasteiger partial charge in [-0.25, -0.2) is 32.4 Å². The lowest BCUT2D eigenvalue weighted by Gasteiger charge is -2.34. The number of hydrogen-bond donors (Lipinski definition) is 1. The highest BCUT2D eigenvalue weighted by Crippen LogP contribution is 2.79. The lowest BCUT2D eigenvalue weighted by atomic mass is 9.94. The number of rotatable bonds is 12. The number of aromatic nitrogens is 2. The number of nitrogens with one attached hydrogen (secondary N) is 1. The molecular formula is C26H32FN2O17P. The van der Waals surface area contributed by atoms with Crippen molar-refractivity contribution >= 4 is 20.1 Å². The van der Waals surface area contributed by atoms with Crippen molar-refractivity contribution < 1.29 is 74.7 Å². The molecule has 7 rings (SSSR count). The van der Waals surface area contributed by atoms with Crippen LogP contribution < -0.4 is 11.2 Å². The Kier molecular flexibility index (Phi) is 8.24. The molecule has 1 aromatic rings. The third-order valence-corrected chi connectivity index (χ3v) is 10.3. The molecule has 2 spiro atoms. The molecule has 47 heavy (non-hydrogen) atoms. The summed E-state index contributed by atoms with van der Waals surface area (Å²) in [6.45, 7) is -1.11. The molecule has 260 valence electrons. The number of hydrogen-bond acceptors (Lipinski definition) is 17. The highest BCUT2D eigenvalue weighted by atomic mass is 31.2. The first-order valence-corrected chi connectivity index (χ1v) is 16.3.